The van der Waals surface area contributed by atoms with Crippen molar-refractivity contribution in [3.8, 4) is 0 Å². The number of fused-ring (bicyclic) bond motifs is 1. The van der Waals surface area contributed by atoms with Crippen molar-refractivity contribution in [1.82, 2.24) is 4.90 Å². The molecule has 0 amide bonds. The van der Waals surface area contributed by atoms with E-state index in [1.807, 2.05) is 18.2 Å². The molecule has 3 nitrogen and oxygen atoms in total. The molecule has 2 unspecified atom stereocenters. The number of carbonyl (C=O) groups is 1. The third-order valence-electron chi connectivity index (χ3n) is 4.65. The maximum Gasteiger partial charge on any atom is 0.325 e. The zero-order chi connectivity index (χ0) is 15.2. The van der Waals surface area contributed by atoms with Crippen LogP contribution >= 0.6 is 0 Å². The first-order valence-corrected chi connectivity index (χ1v) is 8.22. The predicted molar refractivity (Wildman–Crippen MR) is 85.4 cm³/mol. The highest BCUT2D eigenvalue weighted by molar-refractivity contribution is 5.76. The highest BCUT2D eigenvalue weighted by atomic mass is 16.4. The summed E-state index contributed by atoms with van der Waals surface area (Å²) in [6, 6.07) is 7.53. The van der Waals surface area contributed by atoms with Gasteiger partial charge in [-0.1, -0.05) is 57.4 Å². The third-order valence-corrected chi connectivity index (χ3v) is 4.65. The van der Waals surface area contributed by atoms with Crippen LogP contribution in [-0.4, -0.2) is 29.1 Å². The van der Waals surface area contributed by atoms with Gasteiger partial charge in [0.15, 0.2) is 0 Å². The Labute approximate surface area is 128 Å². The molecular weight excluding hydrogens is 262 g/mol. The summed E-state index contributed by atoms with van der Waals surface area (Å²) in [5.41, 5.74) is 2.18. The number of benzene rings is 1. The van der Waals surface area contributed by atoms with Gasteiger partial charge in [-0.3, -0.25) is 9.69 Å². The highest BCUT2D eigenvalue weighted by Gasteiger charge is 2.33. The molecule has 116 valence electrons. The molecule has 0 radical (unpaired) electrons. The zero-order valence-electron chi connectivity index (χ0n) is 13.2. The molecule has 0 aromatic heterocycles. The molecule has 0 spiro atoms. The molecule has 1 aromatic carbocycles. The predicted octanol–water partition coefficient (Wildman–Crippen LogP) is 3.89. The van der Waals surface area contributed by atoms with Gasteiger partial charge >= 0.3 is 5.97 Å². The van der Waals surface area contributed by atoms with Crippen LogP contribution in [0.4, 0.5) is 0 Å². The Bertz CT molecular complexity index is 472. The fraction of sp³-hybridized carbons (Fsp3) is 0.611. The van der Waals surface area contributed by atoms with Gasteiger partial charge in [0.05, 0.1) is 0 Å². The van der Waals surface area contributed by atoms with E-state index >= 15 is 0 Å². The molecule has 0 fully saturated rings. The Morgan fingerprint density at radius 1 is 1.38 bits per heavy atom. The molecule has 1 aliphatic heterocycles. The molecule has 1 aliphatic rings. The van der Waals surface area contributed by atoms with Crippen LogP contribution in [0.2, 0.25) is 0 Å². The first kappa shape index (κ1) is 16.0. The number of unbranched alkanes of at least 4 members (excludes halogenated alkanes) is 1. The Balaban J connectivity index is 2.14. The summed E-state index contributed by atoms with van der Waals surface area (Å²) in [6.07, 6.45) is 5.74. The second-order valence-corrected chi connectivity index (χ2v) is 6.10. The van der Waals surface area contributed by atoms with E-state index in [4.69, 9.17) is 0 Å². The normalized spacial score (nSPS) is 20.0. The Morgan fingerprint density at radius 2 is 2.14 bits per heavy atom. The van der Waals surface area contributed by atoms with Crippen LogP contribution in [-0.2, 0) is 11.2 Å². The molecule has 0 bridgehead atoms. The Kier molecular flexibility index (Phi) is 5.80. The molecule has 1 N–H and O–H groups in total. The smallest absolute Gasteiger partial charge is 0.325 e. The molecule has 0 saturated heterocycles. The van der Waals surface area contributed by atoms with Gasteiger partial charge in [0, 0.05) is 13.1 Å². The minimum Gasteiger partial charge on any atom is -0.480 e. The van der Waals surface area contributed by atoms with Gasteiger partial charge in [-0.25, -0.2) is 0 Å². The minimum atomic E-state index is -0.715. The number of carboxylic acids is 1. The summed E-state index contributed by atoms with van der Waals surface area (Å²) < 4.78 is 0. The molecule has 21 heavy (non-hydrogen) atoms. The van der Waals surface area contributed by atoms with Gasteiger partial charge in [-0.15, -0.1) is 0 Å². The van der Waals surface area contributed by atoms with E-state index in [1.54, 1.807) is 0 Å². The fourth-order valence-electron chi connectivity index (χ4n) is 3.35. The van der Waals surface area contributed by atoms with Crippen LogP contribution in [0.3, 0.4) is 0 Å². The second-order valence-electron chi connectivity index (χ2n) is 6.10. The number of carboxylic acid groups (broad SMARTS) is 1. The molecule has 1 aromatic rings. The first-order chi connectivity index (χ1) is 10.2. The van der Waals surface area contributed by atoms with Crippen LogP contribution in [0.1, 0.15) is 56.7 Å². The average molecular weight is 289 g/mol. The van der Waals surface area contributed by atoms with Crippen LogP contribution in [0.5, 0.6) is 0 Å². The van der Waals surface area contributed by atoms with Crippen LogP contribution in [0.15, 0.2) is 24.3 Å². The van der Waals surface area contributed by atoms with E-state index in [-0.39, 0.29) is 0 Å². The number of hydrogen-bond acceptors (Lipinski definition) is 2. The van der Waals surface area contributed by atoms with Gasteiger partial charge in [0.2, 0.25) is 0 Å². The zero-order valence-corrected chi connectivity index (χ0v) is 13.2. The van der Waals surface area contributed by atoms with Gasteiger partial charge in [0.25, 0.3) is 0 Å². The standard InChI is InChI=1S/C18H27NO2/c1-3-5-8-14(4-2)13-19-12-11-15-9-6-7-10-16(15)17(19)18(20)21/h6-7,9-10,14,17H,3-5,8,11-13H2,1-2H3,(H,20,21). The quantitative estimate of drug-likeness (QED) is 0.828. The van der Waals surface area contributed by atoms with Crippen molar-refractivity contribution in [1.29, 1.82) is 0 Å². The molecule has 0 saturated carbocycles. The second kappa shape index (κ2) is 7.60. The summed E-state index contributed by atoms with van der Waals surface area (Å²) in [4.78, 5) is 13.9. The summed E-state index contributed by atoms with van der Waals surface area (Å²) in [5, 5.41) is 9.68. The van der Waals surface area contributed by atoms with Crippen molar-refractivity contribution in [2.75, 3.05) is 13.1 Å². The lowest BCUT2D eigenvalue weighted by atomic mass is 9.90. The number of hydrogen-bond donors (Lipinski definition) is 1. The summed E-state index contributed by atoms with van der Waals surface area (Å²) >= 11 is 0. The lowest BCUT2D eigenvalue weighted by molar-refractivity contribution is -0.144. The average Bonchev–Trinajstić information content (AvgIpc) is 2.50. The third kappa shape index (κ3) is 3.85. The molecular formula is C18H27NO2. The van der Waals surface area contributed by atoms with Gasteiger partial charge < -0.3 is 5.11 Å². The number of nitrogens with zero attached hydrogens (tertiary/aromatic N) is 1. The lowest BCUT2D eigenvalue weighted by Gasteiger charge is -2.36. The van der Waals surface area contributed by atoms with Gasteiger partial charge in [-0.05, 0) is 29.9 Å². The summed E-state index contributed by atoms with van der Waals surface area (Å²) in [7, 11) is 0. The van der Waals surface area contributed by atoms with E-state index in [1.165, 1.54) is 24.8 Å². The van der Waals surface area contributed by atoms with Crippen molar-refractivity contribution in [3.05, 3.63) is 35.4 Å². The molecule has 2 atom stereocenters. The minimum absolute atomic E-state index is 0.467. The first-order valence-electron chi connectivity index (χ1n) is 8.22. The molecule has 3 heteroatoms. The van der Waals surface area contributed by atoms with E-state index in [9.17, 15) is 9.90 Å². The Morgan fingerprint density at radius 3 is 2.81 bits per heavy atom. The number of rotatable bonds is 7. The molecule has 2 rings (SSSR count). The fourth-order valence-corrected chi connectivity index (χ4v) is 3.35. The van der Waals surface area contributed by atoms with Crippen molar-refractivity contribution in [2.45, 2.75) is 52.0 Å². The van der Waals surface area contributed by atoms with Crippen molar-refractivity contribution in [3.63, 3.8) is 0 Å². The van der Waals surface area contributed by atoms with Crippen LogP contribution in [0, 0.1) is 5.92 Å². The number of aliphatic carboxylic acids is 1. The lowest BCUT2D eigenvalue weighted by Crippen LogP contribution is -2.42. The largest absolute Gasteiger partial charge is 0.480 e. The van der Waals surface area contributed by atoms with Crippen molar-refractivity contribution < 1.29 is 9.90 Å². The van der Waals surface area contributed by atoms with Gasteiger partial charge in [-0.2, -0.15) is 0 Å². The monoisotopic (exact) mass is 289 g/mol. The van der Waals surface area contributed by atoms with Crippen molar-refractivity contribution in [2.24, 2.45) is 5.92 Å². The summed E-state index contributed by atoms with van der Waals surface area (Å²) in [6.45, 7) is 6.19. The molecule has 1 heterocycles. The maximum atomic E-state index is 11.8. The SMILES string of the molecule is CCCCC(CC)CN1CCc2ccccc2C1C(=O)O. The maximum absolute atomic E-state index is 11.8. The summed E-state index contributed by atoms with van der Waals surface area (Å²) in [5.74, 6) is -0.107. The van der Waals surface area contributed by atoms with E-state index in [0.29, 0.717) is 5.92 Å². The molecule has 0 aliphatic carbocycles. The van der Waals surface area contributed by atoms with E-state index in [0.717, 1.165) is 31.5 Å². The van der Waals surface area contributed by atoms with Gasteiger partial charge in [0.1, 0.15) is 6.04 Å². The van der Waals surface area contributed by atoms with Crippen molar-refractivity contribution >= 4 is 5.97 Å². The van der Waals surface area contributed by atoms with Crippen LogP contribution < -0.4 is 0 Å². The van der Waals surface area contributed by atoms with E-state index in [2.05, 4.69) is 24.8 Å². The van der Waals surface area contributed by atoms with Crippen LogP contribution in [0.25, 0.3) is 0 Å². The topological polar surface area (TPSA) is 40.5 Å². The Hall–Kier alpha value is -1.35. The highest BCUT2D eigenvalue weighted by Crippen LogP contribution is 2.31. The van der Waals surface area contributed by atoms with E-state index < -0.39 is 12.0 Å².